The number of nitrogens with one attached hydrogen (secondary N) is 1. The van der Waals surface area contributed by atoms with Crippen molar-refractivity contribution in [1.82, 2.24) is 15.3 Å². The predicted molar refractivity (Wildman–Crippen MR) is 100 cm³/mol. The van der Waals surface area contributed by atoms with E-state index in [4.69, 9.17) is 16.3 Å². The second kappa shape index (κ2) is 7.46. The van der Waals surface area contributed by atoms with Crippen LogP contribution in [0.2, 0.25) is 5.02 Å². The molecular weight excluding hydrogens is 350 g/mol. The summed E-state index contributed by atoms with van der Waals surface area (Å²) in [7, 11) is 0. The Morgan fingerprint density at radius 1 is 1.23 bits per heavy atom. The molecule has 0 fully saturated rings. The zero-order valence-electron chi connectivity index (χ0n) is 14.3. The molecule has 1 amide bonds. The van der Waals surface area contributed by atoms with Crippen LogP contribution < -0.4 is 10.1 Å². The molecular formula is C20H20ClN3O2. The van der Waals surface area contributed by atoms with Gasteiger partial charge in [0.2, 0.25) is 5.91 Å². The van der Waals surface area contributed by atoms with E-state index in [2.05, 4.69) is 33.5 Å². The SMILES string of the molecule is O=C(NCC1Cc2cc(-c3cncnc3)cc(Cl)c2O1)C1CC=CCC1. The number of hydrogen-bond acceptors (Lipinski definition) is 4. The highest BCUT2D eigenvalue weighted by Gasteiger charge is 2.27. The van der Waals surface area contributed by atoms with E-state index < -0.39 is 0 Å². The maximum atomic E-state index is 12.3. The van der Waals surface area contributed by atoms with Crippen LogP contribution in [-0.4, -0.2) is 28.5 Å². The van der Waals surface area contributed by atoms with Gasteiger partial charge in [-0.05, 0) is 37.0 Å². The number of halogens is 1. The van der Waals surface area contributed by atoms with Crippen LogP contribution in [0.25, 0.3) is 11.1 Å². The van der Waals surface area contributed by atoms with Crippen LogP contribution >= 0.6 is 11.6 Å². The van der Waals surface area contributed by atoms with Crippen LogP contribution in [-0.2, 0) is 11.2 Å². The van der Waals surface area contributed by atoms with Gasteiger partial charge in [-0.2, -0.15) is 0 Å². The minimum atomic E-state index is -0.0899. The average molecular weight is 370 g/mol. The van der Waals surface area contributed by atoms with Gasteiger partial charge in [-0.15, -0.1) is 0 Å². The highest BCUT2D eigenvalue weighted by atomic mass is 35.5. The van der Waals surface area contributed by atoms with Gasteiger partial charge in [-0.25, -0.2) is 9.97 Å². The fourth-order valence-electron chi connectivity index (χ4n) is 3.51. The summed E-state index contributed by atoms with van der Waals surface area (Å²) >= 11 is 6.41. The van der Waals surface area contributed by atoms with Gasteiger partial charge in [0.05, 0.1) is 11.6 Å². The lowest BCUT2D eigenvalue weighted by atomic mass is 9.93. The summed E-state index contributed by atoms with van der Waals surface area (Å²) in [5, 5.41) is 3.61. The van der Waals surface area contributed by atoms with E-state index >= 15 is 0 Å². The molecule has 2 atom stereocenters. The molecule has 2 heterocycles. The Morgan fingerprint density at radius 2 is 2.08 bits per heavy atom. The molecule has 134 valence electrons. The van der Waals surface area contributed by atoms with Gasteiger partial charge in [-0.3, -0.25) is 4.79 Å². The zero-order valence-corrected chi connectivity index (χ0v) is 15.1. The molecule has 0 radical (unpaired) electrons. The molecule has 6 heteroatoms. The number of benzene rings is 1. The molecule has 1 aliphatic carbocycles. The van der Waals surface area contributed by atoms with Gasteiger partial charge < -0.3 is 10.1 Å². The van der Waals surface area contributed by atoms with Crippen LogP contribution in [0, 0.1) is 5.92 Å². The Balaban J connectivity index is 1.41. The molecule has 0 saturated heterocycles. The van der Waals surface area contributed by atoms with E-state index in [9.17, 15) is 4.79 Å². The molecule has 1 aromatic carbocycles. The van der Waals surface area contributed by atoms with E-state index in [1.165, 1.54) is 6.33 Å². The first-order chi connectivity index (χ1) is 12.7. The molecule has 1 N–H and O–H groups in total. The normalized spacial score (nSPS) is 21.1. The largest absolute Gasteiger partial charge is 0.486 e. The molecule has 26 heavy (non-hydrogen) atoms. The Hall–Kier alpha value is -2.40. The highest BCUT2D eigenvalue weighted by Crippen LogP contribution is 2.39. The number of amides is 1. The van der Waals surface area contributed by atoms with Crippen molar-refractivity contribution in [2.45, 2.75) is 31.8 Å². The van der Waals surface area contributed by atoms with Crippen molar-refractivity contribution in [3.8, 4) is 16.9 Å². The summed E-state index contributed by atoms with van der Waals surface area (Å²) in [6.07, 6.45) is 12.6. The smallest absolute Gasteiger partial charge is 0.223 e. The Bertz CT molecular complexity index is 838. The first-order valence-electron chi connectivity index (χ1n) is 8.88. The van der Waals surface area contributed by atoms with Crippen LogP contribution in [0.15, 0.2) is 43.0 Å². The van der Waals surface area contributed by atoms with Crippen molar-refractivity contribution in [2.24, 2.45) is 5.92 Å². The number of nitrogens with zero attached hydrogens (tertiary/aromatic N) is 2. The van der Waals surface area contributed by atoms with Gasteiger partial charge in [0.25, 0.3) is 0 Å². The summed E-state index contributed by atoms with van der Waals surface area (Å²) < 4.78 is 5.97. The Morgan fingerprint density at radius 3 is 2.85 bits per heavy atom. The van der Waals surface area contributed by atoms with E-state index in [-0.39, 0.29) is 17.9 Å². The van der Waals surface area contributed by atoms with Crippen molar-refractivity contribution >= 4 is 17.5 Å². The van der Waals surface area contributed by atoms with E-state index in [1.807, 2.05) is 6.07 Å². The van der Waals surface area contributed by atoms with Gasteiger partial charge >= 0.3 is 0 Å². The van der Waals surface area contributed by atoms with Gasteiger partial charge in [0.15, 0.2) is 0 Å². The third-order valence-corrected chi connectivity index (χ3v) is 5.17. The average Bonchev–Trinajstić information content (AvgIpc) is 3.11. The molecule has 0 spiro atoms. The maximum absolute atomic E-state index is 12.3. The molecule has 4 rings (SSSR count). The quantitative estimate of drug-likeness (QED) is 0.837. The van der Waals surface area contributed by atoms with Gasteiger partial charge in [0, 0.05) is 35.9 Å². The van der Waals surface area contributed by atoms with E-state index in [0.717, 1.165) is 42.4 Å². The number of fused-ring (bicyclic) bond motifs is 1. The molecule has 2 aromatic rings. The summed E-state index contributed by atoms with van der Waals surface area (Å²) in [6.45, 7) is 0.494. The van der Waals surface area contributed by atoms with Crippen molar-refractivity contribution in [3.63, 3.8) is 0 Å². The van der Waals surface area contributed by atoms with Crippen LogP contribution in [0.4, 0.5) is 0 Å². The molecule has 1 aliphatic heterocycles. The molecule has 5 nitrogen and oxygen atoms in total. The number of ether oxygens (including phenoxy) is 1. The first-order valence-corrected chi connectivity index (χ1v) is 9.25. The van der Waals surface area contributed by atoms with Crippen molar-refractivity contribution in [3.05, 3.63) is 53.6 Å². The standard InChI is InChI=1S/C20H20ClN3O2/c21-18-8-14(16-9-22-12-23-10-16)6-15-7-17(26-19(15)18)11-24-20(25)13-4-2-1-3-5-13/h1-2,6,8-10,12-13,17H,3-5,7,11H2,(H,24,25). The number of aromatic nitrogens is 2. The number of hydrogen-bond donors (Lipinski definition) is 1. The summed E-state index contributed by atoms with van der Waals surface area (Å²) in [6, 6.07) is 3.93. The molecule has 0 saturated carbocycles. The summed E-state index contributed by atoms with van der Waals surface area (Å²) in [5.41, 5.74) is 2.94. The lowest BCUT2D eigenvalue weighted by Gasteiger charge is -2.19. The number of carbonyl (C=O) groups excluding carboxylic acids is 1. The zero-order chi connectivity index (χ0) is 17.9. The maximum Gasteiger partial charge on any atom is 0.223 e. The molecule has 2 aliphatic rings. The molecule has 0 bridgehead atoms. The summed E-state index contributed by atoms with van der Waals surface area (Å²) in [5.74, 6) is 0.909. The highest BCUT2D eigenvalue weighted by molar-refractivity contribution is 6.32. The monoisotopic (exact) mass is 369 g/mol. The van der Waals surface area contributed by atoms with E-state index in [1.54, 1.807) is 12.4 Å². The fraction of sp³-hybridized carbons (Fsp3) is 0.350. The van der Waals surface area contributed by atoms with Crippen LogP contribution in [0.1, 0.15) is 24.8 Å². The van der Waals surface area contributed by atoms with Crippen LogP contribution in [0.5, 0.6) is 5.75 Å². The number of allylic oxidation sites excluding steroid dienone is 2. The second-order valence-electron chi connectivity index (χ2n) is 6.74. The van der Waals surface area contributed by atoms with Crippen LogP contribution in [0.3, 0.4) is 0 Å². The number of rotatable bonds is 4. The van der Waals surface area contributed by atoms with Crippen molar-refractivity contribution < 1.29 is 9.53 Å². The second-order valence-corrected chi connectivity index (χ2v) is 7.15. The Kier molecular flexibility index (Phi) is 4.89. The van der Waals surface area contributed by atoms with Gasteiger partial charge in [0.1, 0.15) is 18.2 Å². The lowest BCUT2D eigenvalue weighted by Crippen LogP contribution is -2.38. The van der Waals surface area contributed by atoms with E-state index in [0.29, 0.717) is 17.3 Å². The third kappa shape index (κ3) is 3.58. The van der Waals surface area contributed by atoms with Crippen molar-refractivity contribution in [2.75, 3.05) is 6.54 Å². The molecule has 2 unspecified atom stereocenters. The number of carbonyl (C=O) groups is 1. The fourth-order valence-corrected chi connectivity index (χ4v) is 3.79. The third-order valence-electron chi connectivity index (χ3n) is 4.89. The predicted octanol–water partition coefficient (Wildman–Crippen LogP) is 3.57. The minimum Gasteiger partial charge on any atom is -0.486 e. The lowest BCUT2D eigenvalue weighted by molar-refractivity contribution is -0.125. The minimum absolute atomic E-state index is 0.0806. The first kappa shape index (κ1) is 17.0. The Labute approximate surface area is 157 Å². The molecule has 1 aromatic heterocycles. The van der Waals surface area contributed by atoms with Gasteiger partial charge in [-0.1, -0.05) is 23.8 Å². The topological polar surface area (TPSA) is 64.1 Å². The summed E-state index contributed by atoms with van der Waals surface area (Å²) in [4.78, 5) is 20.4. The van der Waals surface area contributed by atoms with Crippen molar-refractivity contribution in [1.29, 1.82) is 0 Å².